The van der Waals surface area contributed by atoms with Gasteiger partial charge in [-0.2, -0.15) is 0 Å². The predicted octanol–water partition coefficient (Wildman–Crippen LogP) is 4.80. The molecule has 0 radical (unpaired) electrons. The Bertz CT molecular complexity index is 645. The van der Waals surface area contributed by atoms with E-state index >= 15 is 0 Å². The lowest BCUT2D eigenvalue weighted by molar-refractivity contribution is 0.102. The molecular formula is C14H10BrClFNO. The van der Waals surface area contributed by atoms with Gasteiger partial charge in [0.15, 0.2) is 0 Å². The molecule has 19 heavy (non-hydrogen) atoms. The number of hydrogen-bond acceptors (Lipinski definition) is 1. The molecule has 2 nitrogen and oxygen atoms in total. The second kappa shape index (κ2) is 5.72. The van der Waals surface area contributed by atoms with Gasteiger partial charge in [0.2, 0.25) is 0 Å². The Morgan fingerprint density at radius 2 is 2.00 bits per heavy atom. The Labute approximate surface area is 123 Å². The molecule has 5 heteroatoms. The maximum Gasteiger partial charge on any atom is 0.257 e. The summed E-state index contributed by atoms with van der Waals surface area (Å²) in [5.41, 5.74) is 1.68. The summed E-state index contributed by atoms with van der Waals surface area (Å²) in [5, 5.41) is 2.98. The van der Waals surface area contributed by atoms with Gasteiger partial charge in [-0.3, -0.25) is 4.79 Å². The van der Waals surface area contributed by atoms with Crippen molar-refractivity contribution in [3.63, 3.8) is 0 Å². The molecule has 2 aromatic rings. The van der Waals surface area contributed by atoms with Gasteiger partial charge < -0.3 is 5.32 Å². The Balaban J connectivity index is 2.28. The molecule has 2 aromatic carbocycles. The highest BCUT2D eigenvalue weighted by molar-refractivity contribution is 9.10. The van der Waals surface area contributed by atoms with Gasteiger partial charge in [-0.1, -0.05) is 17.7 Å². The lowest BCUT2D eigenvalue weighted by atomic mass is 10.1. The third kappa shape index (κ3) is 3.33. The van der Waals surface area contributed by atoms with E-state index in [0.717, 1.165) is 5.56 Å². The molecular weight excluding hydrogens is 333 g/mol. The monoisotopic (exact) mass is 341 g/mol. The number of hydrogen-bond donors (Lipinski definition) is 1. The summed E-state index contributed by atoms with van der Waals surface area (Å²) in [7, 11) is 0. The minimum atomic E-state index is -0.423. The first-order valence-electron chi connectivity index (χ1n) is 5.50. The van der Waals surface area contributed by atoms with Crippen molar-refractivity contribution in [2.75, 3.05) is 5.32 Å². The standard InChI is InChI=1S/C14H10BrClFNO/c1-8-2-4-10(12(16)6-8)14(19)18-13-7-9(17)3-5-11(13)15/h2-7H,1H3,(H,18,19). The van der Waals surface area contributed by atoms with Crippen LogP contribution >= 0.6 is 27.5 Å². The maximum absolute atomic E-state index is 13.1. The summed E-state index contributed by atoms with van der Waals surface area (Å²) in [6.45, 7) is 1.89. The Kier molecular flexibility index (Phi) is 4.22. The fourth-order valence-electron chi connectivity index (χ4n) is 1.59. The third-order valence-electron chi connectivity index (χ3n) is 2.55. The molecule has 0 aliphatic carbocycles. The lowest BCUT2D eigenvalue weighted by Crippen LogP contribution is -2.13. The van der Waals surface area contributed by atoms with Crippen LogP contribution < -0.4 is 5.32 Å². The molecule has 0 aliphatic heterocycles. The highest BCUT2D eigenvalue weighted by Crippen LogP contribution is 2.25. The number of amides is 1. The summed E-state index contributed by atoms with van der Waals surface area (Å²) < 4.78 is 13.7. The molecule has 0 atom stereocenters. The molecule has 0 saturated carbocycles. The second-order valence-corrected chi connectivity index (χ2v) is 5.32. The zero-order valence-corrected chi connectivity index (χ0v) is 12.3. The quantitative estimate of drug-likeness (QED) is 0.834. The van der Waals surface area contributed by atoms with Crippen molar-refractivity contribution in [3.8, 4) is 0 Å². The Morgan fingerprint density at radius 3 is 2.68 bits per heavy atom. The number of rotatable bonds is 2. The van der Waals surface area contributed by atoms with Gasteiger partial charge in [0.05, 0.1) is 16.3 Å². The normalized spacial score (nSPS) is 10.3. The van der Waals surface area contributed by atoms with Gasteiger partial charge in [-0.05, 0) is 58.7 Å². The van der Waals surface area contributed by atoms with Gasteiger partial charge in [0, 0.05) is 4.47 Å². The summed E-state index contributed by atoms with van der Waals surface area (Å²) in [4.78, 5) is 12.1. The van der Waals surface area contributed by atoms with Crippen molar-refractivity contribution in [1.82, 2.24) is 0 Å². The van der Waals surface area contributed by atoms with E-state index in [-0.39, 0.29) is 5.91 Å². The van der Waals surface area contributed by atoms with Crippen LogP contribution in [0.1, 0.15) is 15.9 Å². The first-order chi connectivity index (χ1) is 8.97. The highest BCUT2D eigenvalue weighted by Gasteiger charge is 2.12. The number of benzene rings is 2. The summed E-state index contributed by atoms with van der Waals surface area (Å²) in [6, 6.07) is 9.21. The predicted molar refractivity (Wildman–Crippen MR) is 78.2 cm³/mol. The van der Waals surface area contributed by atoms with Crippen LogP contribution in [-0.2, 0) is 0 Å². The van der Waals surface area contributed by atoms with E-state index in [1.165, 1.54) is 18.2 Å². The number of anilines is 1. The van der Waals surface area contributed by atoms with Crippen molar-refractivity contribution in [1.29, 1.82) is 0 Å². The smallest absolute Gasteiger partial charge is 0.257 e. The lowest BCUT2D eigenvalue weighted by Gasteiger charge is -2.09. The Morgan fingerprint density at radius 1 is 1.26 bits per heavy atom. The zero-order chi connectivity index (χ0) is 14.0. The van der Waals surface area contributed by atoms with Crippen molar-refractivity contribution < 1.29 is 9.18 Å². The largest absolute Gasteiger partial charge is 0.321 e. The highest BCUT2D eigenvalue weighted by atomic mass is 79.9. The summed E-state index contributed by atoms with van der Waals surface area (Å²) in [5.74, 6) is -0.801. The van der Waals surface area contributed by atoms with Crippen molar-refractivity contribution in [2.24, 2.45) is 0 Å². The van der Waals surface area contributed by atoms with Crippen LogP contribution in [0.3, 0.4) is 0 Å². The molecule has 0 aromatic heterocycles. The summed E-state index contributed by atoms with van der Waals surface area (Å²) in [6.07, 6.45) is 0. The minimum Gasteiger partial charge on any atom is -0.321 e. The van der Waals surface area contributed by atoms with E-state index in [0.29, 0.717) is 20.7 Å². The molecule has 0 fully saturated rings. The molecule has 0 aliphatic rings. The summed E-state index contributed by atoms with van der Waals surface area (Å²) >= 11 is 9.26. The second-order valence-electron chi connectivity index (χ2n) is 4.06. The Hall–Kier alpha value is -1.39. The van der Waals surface area contributed by atoms with E-state index in [1.807, 2.05) is 6.92 Å². The van der Waals surface area contributed by atoms with Crippen LogP contribution in [0.25, 0.3) is 0 Å². The van der Waals surface area contributed by atoms with Crippen molar-refractivity contribution in [3.05, 3.63) is 62.8 Å². The molecule has 0 heterocycles. The van der Waals surface area contributed by atoms with Gasteiger partial charge in [-0.15, -0.1) is 0 Å². The molecule has 0 spiro atoms. The number of carbonyl (C=O) groups excluding carboxylic acids is 1. The zero-order valence-electron chi connectivity index (χ0n) is 10.0. The average Bonchev–Trinajstić information content (AvgIpc) is 2.33. The van der Waals surface area contributed by atoms with Crippen LogP contribution in [-0.4, -0.2) is 5.91 Å². The first kappa shape index (κ1) is 14.0. The molecule has 0 saturated heterocycles. The molecule has 0 unspecified atom stereocenters. The van der Waals surface area contributed by atoms with Crippen LogP contribution in [0.2, 0.25) is 5.02 Å². The third-order valence-corrected chi connectivity index (χ3v) is 3.55. The maximum atomic E-state index is 13.1. The van der Waals surface area contributed by atoms with Crippen molar-refractivity contribution in [2.45, 2.75) is 6.92 Å². The fraction of sp³-hybridized carbons (Fsp3) is 0.0714. The molecule has 1 amide bonds. The van der Waals surface area contributed by atoms with Crippen LogP contribution in [0, 0.1) is 12.7 Å². The van der Waals surface area contributed by atoms with Crippen LogP contribution in [0.5, 0.6) is 0 Å². The van der Waals surface area contributed by atoms with Gasteiger partial charge in [0.1, 0.15) is 5.82 Å². The molecule has 0 bridgehead atoms. The topological polar surface area (TPSA) is 29.1 Å². The van der Waals surface area contributed by atoms with Gasteiger partial charge >= 0.3 is 0 Å². The minimum absolute atomic E-state index is 0.350. The van der Waals surface area contributed by atoms with E-state index in [1.54, 1.807) is 18.2 Å². The average molecular weight is 343 g/mol. The van der Waals surface area contributed by atoms with Crippen molar-refractivity contribution >= 4 is 39.1 Å². The van der Waals surface area contributed by atoms with E-state index in [4.69, 9.17) is 11.6 Å². The van der Waals surface area contributed by atoms with Gasteiger partial charge in [-0.25, -0.2) is 4.39 Å². The SMILES string of the molecule is Cc1ccc(C(=O)Nc2cc(F)ccc2Br)c(Cl)c1. The number of aryl methyl sites for hydroxylation is 1. The molecule has 2 rings (SSSR count). The first-order valence-corrected chi connectivity index (χ1v) is 6.67. The molecule has 1 N–H and O–H groups in total. The fourth-order valence-corrected chi connectivity index (χ4v) is 2.25. The van der Waals surface area contributed by atoms with Crippen LogP contribution in [0.15, 0.2) is 40.9 Å². The molecule has 98 valence electrons. The van der Waals surface area contributed by atoms with E-state index in [2.05, 4.69) is 21.2 Å². The number of carbonyl (C=O) groups is 1. The van der Waals surface area contributed by atoms with E-state index < -0.39 is 5.82 Å². The number of halogens is 3. The van der Waals surface area contributed by atoms with Crippen LogP contribution in [0.4, 0.5) is 10.1 Å². The van der Waals surface area contributed by atoms with E-state index in [9.17, 15) is 9.18 Å². The van der Waals surface area contributed by atoms with Gasteiger partial charge in [0.25, 0.3) is 5.91 Å². The number of nitrogens with one attached hydrogen (secondary N) is 1.